The molecule has 8 heteroatoms. The summed E-state index contributed by atoms with van der Waals surface area (Å²) >= 11 is 0. The Kier molecular flexibility index (Phi) is 12.9. The molecule has 0 radical (unpaired) electrons. The molecule has 0 saturated heterocycles. The molecule has 0 aliphatic carbocycles. The molecule has 0 atom stereocenters. The van der Waals surface area contributed by atoms with Crippen LogP contribution < -0.4 is 14.6 Å². The summed E-state index contributed by atoms with van der Waals surface area (Å²) in [5, 5.41) is 26.3. The Morgan fingerprint density at radius 3 is 1.49 bits per heavy atom. The van der Waals surface area contributed by atoms with Crippen LogP contribution in [-0.2, 0) is 6.54 Å². The number of phenols is 1. The van der Waals surface area contributed by atoms with E-state index in [1.807, 2.05) is 42.5 Å². The third-order valence-electron chi connectivity index (χ3n) is 7.43. The fraction of sp³-hybridized carbons (Fsp3) is 0.394. The minimum atomic E-state index is -1.79. The first-order chi connectivity index (χ1) is 18.8. The Balaban J connectivity index is 0.000000320. The van der Waals surface area contributed by atoms with E-state index in [1.165, 1.54) is 12.1 Å². The SMILES string of the molecule is CC(C)(C)[Si](C)(C)Oc1cccc(C#N)c1.CC(C)(C)[Si](C)(C)Oc1cccc(CN)c1.N#Cc1cccc(O)c1. The van der Waals surface area contributed by atoms with Crippen molar-refractivity contribution in [3.05, 3.63) is 89.5 Å². The largest absolute Gasteiger partial charge is 0.543 e. The van der Waals surface area contributed by atoms with Crippen LogP contribution in [0.4, 0.5) is 0 Å². The van der Waals surface area contributed by atoms with Gasteiger partial charge in [-0.05, 0) is 90.4 Å². The van der Waals surface area contributed by atoms with Gasteiger partial charge in [0.15, 0.2) is 0 Å². The molecule has 220 valence electrons. The molecule has 0 aliphatic heterocycles. The van der Waals surface area contributed by atoms with E-state index in [-0.39, 0.29) is 15.8 Å². The second-order valence-electron chi connectivity index (χ2n) is 12.9. The van der Waals surface area contributed by atoms with Crippen molar-refractivity contribution in [3.63, 3.8) is 0 Å². The molecule has 0 spiro atoms. The van der Waals surface area contributed by atoms with Crippen molar-refractivity contribution in [2.45, 2.75) is 84.4 Å². The number of hydrogen-bond acceptors (Lipinski definition) is 6. The Bertz CT molecular complexity index is 1350. The maximum absolute atomic E-state index is 8.83. The van der Waals surface area contributed by atoms with Crippen LogP contribution >= 0.6 is 0 Å². The van der Waals surface area contributed by atoms with E-state index < -0.39 is 16.6 Å². The zero-order valence-corrected chi connectivity index (χ0v) is 28.4. The summed E-state index contributed by atoms with van der Waals surface area (Å²) in [5.41, 5.74) is 7.88. The molecule has 0 unspecified atom stereocenters. The van der Waals surface area contributed by atoms with Crippen molar-refractivity contribution in [1.29, 1.82) is 10.5 Å². The smallest absolute Gasteiger partial charge is 0.250 e. The standard InChI is InChI=1S/C13H23NOSi.C13H19NOSi.C7H5NO/c2*1-13(2,3)16(4,5)15-12-8-6-7-11(9-12)10-14;8-5-6-2-1-3-7(9)4-6/h6-9H,10,14H2,1-5H3;6-9H,1-5H3;1-4,9H. The Hall–Kier alpha value is -3.57. The van der Waals surface area contributed by atoms with Gasteiger partial charge in [0.2, 0.25) is 16.6 Å². The molecule has 3 aromatic carbocycles. The molecule has 3 aromatic rings. The lowest BCUT2D eigenvalue weighted by atomic mass is 10.2. The minimum Gasteiger partial charge on any atom is -0.543 e. The first-order valence-corrected chi connectivity index (χ1v) is 19.5. The lowest BCUT2D eigenvalue weighted by Crippen LogP contribution is -2.43. The average molecular weight is 590 g/mol. The summed E-state index contributed by atoms with van der Waals surface area (Å²) in [7, 11) is -3.51. The molecule has 41 heavy (non-hydrogen) atoms. The van der Waals surface area contributed by atoms with Gasteiger partial charge >= 0.3 is 0 Å². The molecule has 0 amide bonds. The van der Waals surface area contributed by atoms with Crippen LogP contribution in [0, 0.1) is 22.7 Å². The third-order valence-corrected chi connectivity index (χ3v) is 16.1. The predicted octanol–water partition coefficient (Wildman–Crippen LogP) is 8.74. The molecule has 0 aromatic heterocycles. The number of aromatic hydroxyl groups is 1. The van der Waals surface area contributed by atoms with Gasteiger partial charge in [0.1, 0.15) is 17.2 Å². The molecule has 0 heterocycles. The molecular weight excluding hydrogens is 543 g/mol. The summed E-state index contributed by atoms with van der Waals surface area (Å²) in [5.74, 6) is 1.90. The van der Waals surface area contributed by atoms with Crippen LogP contribution in [0.5, 0.6) is 17.2 Å². The van der Waals surface area contributed by atoms with E-state index in [1.54, 1.807) is 24.3 Å². The number of nitriles is 2. The van der Waals surface area contributed by atoms with Crippen molar-refractivity contribution < 1.29 is 14.0 Å². The molecular formula is C33H47N3O3Si2. The first kappa shape index (κ1) is 35.5. The van der Waals surface area contributed by atoms with Gasteiger partial charge in [0, 0.05) is 6.54 Å². The number of hydrogen-bond donors (Lipinski definition) is 2. The normalized spacial score (nSPS) is 11.4. The number of rotatable bonds is 5. The fourth-order valence-corrected chi connectivity index (χ4v) is 4.88. The van der Waals surface area contributed by atoms with Crippen LogP contribution in [0.15, 0.2) is 72.8 Å². The lowest BCUT2D eigenvalue weighted by Gasteiger charge is -2.36. The van der Waals surface area contributed by atoms with Gasteiger partial charge in [-0.2, -0.15) is 10.5 Å². The molecule has 0 bridgehead atoms. The highest BCUT2D eigenvalue weighted by Crippen LogP contribution is 2.38. The monoisotopic (exact) mass is 589 g/mol. The second kappa shape index (κ2) is 14.9. The summed E-state index contributed by atoms with van der Waals surface area (Å²) in [6.07, 6.45) is 0. The molecule has 0 fully saturated rings. The van der Waals surface area contributed by atoms with Gasteiger partial charge in [0.05, 0.1) is 23.3 Å². The highest BCUT2D eigenvalue weighted by molar-refractivity contribution is 6.75. The summed E-state index contributed by atoms with van der Waals surface area (Å²) in [6, 6.07) is 25.7. The molecule has 6 nitrogen and oxygen atoms in total. The van der Waals surface area contributed by atoms with Crippen molar-refractivity contribution in [1.82, 2.24) is 0 Å². The van der Waals surface area contributed by atoms with E-state index >= 15 is 0 Å². The number of phenolic OH excluding ortho intramolecular Hbond substituents is 1. The van der Waals surface area contributed by atoms with Gasteiger partial charge in [-0.15, -0.1) is 0 Å². The maximum Gasteiger partial charge on any atom is 0.250 e. The third kappa shape index (κ3) is 11.8. The molecule has 0 aliphatic rings. The summed E-state index contributed by atoms with van der Waals surface area (Å²) in [4.78, 5) is 0. The van der Waals surface area contributed by atoms with Gasteiger partial charge in [-0.25, -0.2) is 0 Å². The van der Waals surface area contributed by atoms with Crippen LogP contribution in [0.2, 0.25) is 36.3 Å². The average Bonchev–Trinajstić information content (AvgIpc) is 2.88. The van der Waals surface area contributed by atoms with Crippen molar-refractivity contribution in [2.24, 2.45) is 5.73 Å². The van der Waals surface area contributed by atoms with Gasteiger partial charge in [-0.1, -0.05) is 65.8 Å². The van der Waals surface area contributed by atoms with E-state index in [2.05, 4.69) is 73.8 Å². The highest BCUT2D eigenvalue weighted by Gasteiger charge is 2.39. The fourth-order valence-electron chi connectivity index (χ4n) is 2.84. The minimum absolute atomic E-state index is 0.133. The number of nitrogens with zero attached hydrogens (tertiary/aromatic N) is 2. The van der Waals surface area contributed by atoms with Crippen LogP contribution in [0.25, 0.3) is 0 Å². The molecule has 3 N–H and O–H groups in total. The van der Waals surface area contributed by atoms with Crippen molar-refractivity contribution in [2.75, 3.05) is 0 Å². The van der Waals surface area contributed by atoms with E-state index in [9.17, 15) is 0 Å². The van der Waals surface area contributed by atoms with Gasteiger partial charge in [0.25, 0.3) is 0 Å². The van der Waals surface area contributed by atoms with Crippen molar-refractivity contribution in [3.8, 4) is 29.4 Å². The van der Waals surface area contributed by atoms with Gasteiger partial charge < -0.3 is 19.7 Å². The Morgan fingerprint density at radius 1 is 0.683 bits per heavy atom. The van der Waals surface area contributed by atoms with E-state index in [4.69, 9.17) is 30.2 Å². The summed E-state index contributed by atoms with van der Waals surface area (Å²) < 4.78 is 12.3. The quantitative estimate of drug-likeness (QED) is 0.288. The van der Waals surface area contributed by atoms with Crippen LogP contribution in [-0.4, -0.2) is 21.7 Å². The Morgan fingerprint density at radius 2 is 1.10 bits per heavy atom. The zero-order valence-electron chi connectivity index (χ0n) is 26.4. The van der Waals surface area contributed by atoms with Crippen LogP contribution in [0.3, 0.4) is 0 Å². The maximum atomic E-state index is 8.83. The number of benzene rings is 3. The first-order valence-electron chi connectivity index (χ1n) is 13.7. The zero-order chi connectivity index (χ0) is 31.5. The molecule has 3 rings (SSSR count). The summed E-state index contributed by atoms with van der Waals surface area (Å²) in [6.45, 7) is 22.8. The second-order valence-corrected chi connectivity index (χ2v) is 22.3. The Labute approximate surface area is 249 Å². The molecule has 0 saturated carbocycles. The number of nitrogens with two attached hydrogens (primary N) is 1. The highest BCUT2D eigenvalue weighted by atomic mass is 28.4. The van der Waals surface area contributed by atoms with Crippen LogP contribution in [0.1, 0.15) is 58.2 Å². The van der Waals surface area contributed by atoms with E-state index in [0.29, 0.717) is 17.7 Å². The predicted molar refractivity (Wildman–Crippen MR) is 174 cm³/mol. The topological polar surface area (TPSA) is 112 Å². The van der Waals surface area contributed by atoms with Crippen molar-refractivity contribution >= 4 is 16.6 Å². The lowest BCUT2D eigenvalue weighted by molar-refractivity contribution is 0.475. The van der Waals surface area contributed by atoms with E-state index in [0.717, 1.165) is 17.1 Å². The van der Waals surface area contributed by atoms with Gasteiger partial charge in [-0.3, -0.25) is 0 Å².